The smallest absolute Gasteiger partial charge is 0.190 e. The van der Waals surface area contributed by atoms with Gasteiger partial charge in [-0.2, -0.15) is 0 Å². The van der Waals surface area contributed by atoms with Crippen molar-refractivity contribution in [2.24, 2.45) is 4.99 Å². The molecular formula is C20H27IN4S. The largest absolute Gasteiger partial charge is 0.361 e. The first-order valence-electron chi connectivity index (χ1n) is 8.81. The lowest BCUT2D eigenvalue weighted by molar-refractivity contribution is 0.696. The zero-order chi connectivity index (χ0) is 17.5. The summed E-state index contributed by atoms with van der Waals surface area (Å²) in [6, 6.07) is 12.8. The maximum absolute atomic E-state index is 4.32. The maximum Gasteiger partial charge on any atom is 0.190 e. The van der Waals surface area contributed by atoms with Crippen LogP contribution >= 0.6 is 35.3 Å². The molecule has 0 saturated carbocycles. The van der Waals surface area contributed by atoms with Crippen molar-refractivity contribution in [3.63, 3.8) is 0 Å². The van der Waals surface area contributed by atoms with Crippen LogP contribution in [0.2, 0.25) is 0 Å². The molecule has 2 heterocycles. The first-order chi connectivity index (χ1) is 12.3. The van der Waals surface area contributed by atoms with Gasteiger partial charge in [0.25, 0.3) is 0 Å². The molecule has 2 aromatic heterocycles. The predicted molar refractivity (Wildman–Crippen MR) is 124 cm³/mol. The van der Waals surface area contributed by atoms with E-state index in [1.807, 2.05) is 18.4 Å². The molecule has 0 aliphatic heterocycles. The molecule has 0 saturated heterocycles. The fourth-order valence-electron chi connectivity index (χ4n) is 2.97. The normalized spacial score (nSPS) is 12.6. The van der Waals surface area contributed by atoms with Gasteiger partial charge in [0.05, 0.1) is 0 Å². The monoisotopic (exact) mass is 482 g/mol. The van der Waals surface area contributed by atoms with E-state index in [9.17, 15) is 0 Å². The summed E-state index contributed by atoms with van der Waals surface area (Å²) in [5.74, 6) is 1.37. The Bertz CT molecular complexity index is 810. The number of aliphatic imine (C=N–C) groups is 1. The second kappa shape index (κ2) is 10.6. The Morgan fingerprint density at radius 2 is 2.04 bits per heavy atom. The van der Waals surface area contributed by atoms with E-state index in [2.05, 4.69) is 75.5 Å². The number of H-pyrrole nitrogens is 1. The molecule has 26 heavy (non-hydrogen) atoms. The van der Waals surface area contributed by atoms with Gasteiger partial charge in [-0.25, -0.2) is 0 Å². The van der Waals surface area contributed by atoms with Gasteiger partial charge in [0.15, 0.2) is 5.96 Å². The summed E-state index contributed by atoms with van der Waals surface area (Å²) in [4.78, 5) is 9.06. The Hall–Kier alpha value is -1.54. The number of benzene rings is 1. The molecule has 1 aromatic carbocycles. The molecule has 0 aliphatic rings. The maximum atomic E-state index is 4.32. The standard InChI is InChI=1S/C20H26N4S.HI/c1-15(19-10-6-12-25-19)13-24-20(21-2)22-11-5-7-16-14-23-18-9-4-3-8-17(16)18;/h3-4,6,8-10,12,14-15,23H,5,7,11,13H2,1-2H3,(H2,21,22,24);1H. The summed E-state index contributed by atoms with van der Waals surface area (Å²) in [7, 11) is 1.82. The van der Waals surface area contributed by atoms with Crippen LogP contribution < -0.4 is 10.6 Å². The van der Waals surface area contributed by atoms with Crippen LogP contribution in [0.3, 0.4) is 0 Å². The third kappa shape index (κ3) is 5.48. The lowest BCUT2D eigenvalue weighted by Crippen LogP contribution is -2.39. The Morgan fingerprint density at radius 1 is 1.19 bits per heavy atom. The zero-order valence-electron chi connectivity index (χ0n) is 15.3. The van der Waals surface area contributed by atoms with Gasteiger partial charge < -0.3 is 15.6 Å². The van der Waals surface area contributed by atoms with E-state index in [1.54, 1.807) is 0 Å². The van der Waals surface area contributed by atoms with E-state index in [0.717, 1.165) is 31.9 Å². The van der Waals surface area contributed by atoms with Crippen LogP contribution in [0.1, 0.15) is 29.7 Å². The van der Waals surface area contributed by atoms with Gasteiger partial charge in [-0.15, -0.1) is 35.3 Å². The molecular weight excluding hydrogens is 455 g/mol. The summed E-state index contributed by atoms with van der Waals surface area (Å²) in [5.41, 5.74) is 2.59. The van der Waals surface area contributed by atoms with Gasteiger partial charge in [-0.05, 0) is 35.9 Å². The van der Waals surface area contributed by atoms with E-state index >= 15 is 0 Å². The molecule has 6 heteroatoms. The molecule has 3 rings (SSSR count). The number of fused-ring (bicyclic) bond motifs is 1. The van der Waals surface area contributed by atoms with Gasteiger partial charge in [-0.3, -0.25) is 4.99 Å². The SMILES string of the molecule is CN=C(NCCCc1c[nH]c2ccccc12)NCC(C)c1cccs1.I. The van der Waals surface area contributed by atoms with Crippen LogP contribution in [-0.4, -0.2) is 31.1 Å². The third-order valence-electron chi connectivity index (χ3n) is 4.42. The quantitative estimate of drug-likeness (QED) is 0.197. The number of hydrogen-bond donors (Lipinski definition) is 3. The first kappa shape index (κ1) is 20.8. The van der Waals surface area contributed by atoms with Gasteiger partial charge >= 0.3 is 0 Å². The van der Waals surface area contributed by atoms with Crippen LogP contribution in [0.15, 0.2) is 53.0 Å². The van der Waals surface area contributed by atoms with E-state index in [4.69, 9.17) is 0 Å². The molecule has 4 nitrogen and oxygen atoms in total. The summed E-state index contributed by atoms with van der Waals surface area (Å²) in [6.07, 6.45) is 4.25. The highest BCUT2D eigenvalue weighted by molar-refractivity contribution is 14.0. The highest BCUT2D eigenvalue weighted by Gasteiger charge is 2.07. The molecule has 0 spiro atoms. The van der Waals surface area contributed by atoms with Crippen LogP contribution in [0.25, 0.3) is 10.9 Å². The van der Waals surface area contributed by atoms with Crippen molar-refractivity contribution < 1.29 is 0 Å². The van der Waals surface area contributed by atoms with Crippen LogP contribution in [0.4, 0.5) is 0 Å². The Balaban J connectivity index is 0.00000243. The molecule has 3 aromatic rings. The van der Waals surface area contributed by atoms with Crippen molar-refractivity contribution in [1.29, 1.82) is 0 Å². The minimum absolute atomic E-state index is 0. The lowest BCUT2D eigenvalue weighted by atomic mass is 10.1. The molecule has 0 amide bonds. The molecule has 3 N–H and O–H groups in total. The number of rotatable bonds is 7. The highest BCUT2D eigenvalue weighted by atomic mass is 127. The Kier molecular flexibility index (Phi) is 8.44. The number of aromatic amines is 1. The lowest BCUT2D eigenvalue weighted by Gasteiger charge is -2.15. The fraction of sp³-hybridized carbons (Fsp3) is 0.350. The molecule has 0 aliphatic carbocycles. The molecule has 0 bridgehead atoms. The second-order valence-electron chi connectivity index (χ2n) is 6.26. The highest BCUT2D eigenvalue weighted by Crippen LogP contribution is 2.20. The average molecular weight is 482 g/mol. The summed E-state index contributed by atoms with van der Waals surface area (Å²) in [5, 5.41) is 10.3. The number of aryl methyl sites for hydroxylation is 1. The van der Waals surface area contributed by atoms with E-state index in [-0.39, 0.29) is 24.0 Å². The summed E-state index contributed by atoms with van der Waals surface area (Å²) >= 11 is 1.81. The van der Waals surface area contributed by atoms with Crippen molar-refractivity contribution in [3.05, 3.63) is 58.4 Å². The van der Waals surface area contributed by atoms with E-state index < -0.39 is 0 Å². The molecule has 0 fully saturated rings. The number of para-hydroxylation sites is 1. The number of guanidine groups is 1. The predicted octanol–water partition coefficient (Wildman–Crippen LogP) is 4.75. The molecule has 1 atom stereocenters. The molecule has 0 radical (unpaired) electrons. The Morgan fingerprint density at radius 3 is 2.81 bits per heavy atom. The number of aromatic nitrogens is 1. The number of halogens is 1. The average Bonchev–Trinajstić information content (AvgIpc) is 3.31. The van der Waals surface area contributed by atoms with Gasteiger partial charge in [0.1, 0.15) is 0 Å². The summed E-state index contributed by atoms with van der Waals surface area (Å²) in [6.45, 7) is 4.04. The number of hydrogen-bond acceptors (Lipinski definition) is 2. The number of nitrogens with one attached hydrogen (secondary N) is 3. The van der Waals surface area contributed by atoms with Crippen LogP contribution in [-0.2, 0) is 6.42 Å². The van der Waals surface area contributed by atoms with Gasteiger partial charge in [0, 0.05) is 48.0 Å². The minimum Gasteiger partial charge on any atom is -0.361 e. The second-order valence-corrected chi connectivity index (χ2v) is 7.24. The van der Waals surface area contributed by atoms with Crippen molar-refractivity contribution >= 4 is 52.2 Å². The van der Waals surface area contributed by atoms with Crippen LogP contribution in [0.5, 0.6) is 0 Å². The van der Waals surface area contributed by atoms with Crippen LogP contribution in [0, 0.1) is 0 Å². The molecule has 140 valence electrons. The van der Waals surface area contributed by atoms with Gasteiger partial charge in [0.2, 0.25) is 0 Å². The van der Waals surface area contributed by atoms with E-state index in [0.29, 0.717) is 5.92 Å². The fourth-order valence-corrected chi connectivity index (χ4v) is 3.75. The zero-order valence-corrected chi connectivity index (χ0v) is 18.4. The molecule has 1 unspecified atom stereocenters. The first-order valence-corrected chi connectivity index (χ1v) is 9.69. The van der Waals surface area contributed by atoms with Crippen molar-refractivity contribution in [2.75, 3.05) is 20.1 Å². The summed E-state index contributed by atoms with van der Waals surface area (Å²) < 4.78 is 0. The Labute approximate surface area is 176 Å². The number of nitrogens with zero attached hydrogens (tertiary/aromatic N) is 1. The topological polar surface area (TPSA) is 52.2 Å². The van der Waals surface area contributed by atoms with Crippen molar-refractivity contribution in [1.82, 2.24) is 15.6 Å². The third-order valence-corrected chi connectivity index (χ3v) is 5.52. The number of thiophene rings is 1. The van der Waals surface area contributed by atoms with Gasteiger partial charge in [-0.1, -0.05) is 31.2 Å². The van der Waals surface area contributed by atoms with Crippen molar-refractivity contribution in [2.45, 2.75) is 25.7 Å². The van der Waals surface area contributed by atoms with Crippen molar-refractivity contribution in [3.8, 4) is 0 Å². The van der Waals surface area contributed by atoms with E-state index in [1.165, 1.54) is 21.3 Å². The minimum atomic E-state index is 0.